The SMILES string of the molecule is NC(=O)c1cc([N+](=O)[O-])cn(CC(O)COc2ccccc2)c1=O. The summed E-state index contributed by atoms with van der Waals surface area (Å²) >= 11 is 0. The van der Waals surface area contributed by atoms with Gasteiger partial charge in [0, 0.05) is 6.07 Å². The molecule has 0 saturated carbocycles. The van der Waals surface area contributed by atoms with Crippen LogP contribution >= 0.6 is 0 Å². The summed E-state index contributed by atoms with van der Waals surface area (Å²) in [6.45, 7) is -0.418. The molecule has 1 heterocycles. The average molecular weight is 333 g/mol. The number of nitrogens with zero attached hydrogens (tertiary/aromatic N) is 2. The van der Waals surface area contributed by atoms with Crippen LogP contribution in [0.15, 0.2) is 47.4 Å². The minimum Gasteiger partial charge on any atom is -0.491 e. The largest absolute Gasteiger partial charge is 0.491 e. The lowest BCUT2D eigenvalue weighted by molar-refractivity contribution is -0.385. The van der Waals surface area contributed by atoms with Crippen molar-refractivity contribution in [1.29, 1.82) is 0 Å². The summed E-state index contributed by atoms with van der Waals surface area (Å²) in [6.07, 6.45) is -0.175. The topological polar surface area (TPSA) is 138 Å². The molecule has 9 nitrogen and oxygen atoms in total. The number of carbonyl (C=O) groups excluding carboxylic acids is 1. The molecular formula is C15H15N3O6. The zero-order valence-corrected chi connectivity index (χ0v) is 12.5. The van der Waals surface area contributed by atoms with Crippen molar-refractivity contribution in [3.63, 3.8) is 0 Å². The summed E-state index contributed by atoms with van der Waals surface area (Å²) in [7, 11) is 0. The Morgan fingerprint density at radius 3 is 2.62 bits per heavy atom. The number of primary amides is 1. The van der Waals surface area contributed by atoms with Crippen molar-refractivity contribution >= 4 is 11.6 Å². The van der Waals surface area contributed by atoms with Gasteiger partial charge in [0.2, 0.25) is 0 Å². The fraction of sp³-hybridized carbons (Fsp3) is 0.200. The van der Waals surface area contributed by atoms with E-state index in [1.165, 1.54) is 0 Å². The Bertz CT molecular complexity index is 803. The fourth-order valence-corrected chi connectivity index (χ4v) is 2.02. The molecule has 0 saturated heterocycles. The highest BCUT2D eigenvalue weighted by atomic mass is 16.6. The quantitative estimate of drug-likeness (QED) is 0.552. The molecule has 2 rings (SSSR count). The summed E-state index contributed by atoms with van der Waals surface area (Å²) < 4.78 is 6.22. The lowest BCUT2D eigenvalue weighted by Gasteiger charge is -2.14. The van der Waals surface area contributed by atoms with Crippen molar-refractivity contribution in [3.05, 3.63) is 68.6 Å². The third-order valence-corrected chi connectivity index (χ3v) is 3.14. The maximum Gasteiger partial charge on any atom is 0.286 e. The molecular weight excluding hydrogens is 318 g/mol. The van der Waals surface area contributed by atoms with Gasteiger partial charge >= 0.3 is 0 Å². The molecule has 24 heavy (non-hydrogen) atoms. The van der Waals surface area contributed by atoms with E-state index in [4.69, 9.17) is 10.5 Å². The molecule has 0 bridgehead atoms. The van der Waals surface area contributed by atoms with E-state index < -0.39 is 33.7 Å². The number of aromatic nitrogens is 1. The molecule has 9 heteroatoms. The number of carbonyl (C=O) groups is 1. The first-order chi connectivity index (χ1) is 11.4. The Morgan fingerprint density at radius 2 is 2.04 bits per heavy atom. The van der Waals surface area contributed by atoms with Gasteiger partial charge in [0.05, 0.1) is 17.7 Å². The van der Waals surface area contributed by atoms with E-state index in [1.807, 2.05) is 0 Å². The third kappa shape index (κ3) is 4.17. The van der Waals surface area contributed by atoms with Gasteiger partial charge in [-0.3, -0.25) is 19.7 Å². The summed E-state index contributed by atoms with van der Waals surface area (Å²) in [5.74, 6) is -0.548. The lowest BCUT2D eigenvalue weighted by Crippen LogP contribution is -2.34. The molecule has 1 amide bonds. The van der Waals surface area contributed by atoms with Crippen LogP contribution in [0.5, 0.6) is 5.75 Å². The van der Waals surface area contributed by atoms with Crippen LogP contribution in [0.1, 0.15) is 10.4 Å². The summed E-state index contributed by atoms with van der Waals surface area (Å²) in [5.41, 5.74) is 3.26. The van der Waals surface area contributed by atoms with Crippen molar-refractivity contribution in [2.45, 2.75) is 12.6 Å². The minimum absolute atomic E-state index is 0.134. The Balaban J connectivity index is 2.17. The number of benzene rings is 1. The second-order valence-electron chi connectivity index (χ2n) is 4.97. The van der Waals surface area contributed by atoms with Crippen LogP contribution in [-0.2, 0) is 6.54 Å². The van der Waals surface area contributed by atoms with Gasteiger partial charge in [-0.05, 0) is 12.1 Å². The molecule has 3 N–H and O–H groups in total. The Hall–Kier alpha value is -3.20. The number of hydrogen-bond donors (Lipinski definition) is 2. The van der Waals surface area contributed by atoms with E-state index in [1.54, 1.807) is 30.3 Å². The van der Waals surface area contributed by atoms with E-state index in [-0.39, 0.29) is 13.2 Å². The third-order valence-electron chi connectivity index (χ3n) is 3.14. The van der Waals surface area contributed by atoms with Gasteiger partial charge in [-0.15, -0.1) is 0 Å². The molecule has 0 fully saturated rings. The van der Waals surface area contributed by atoms with Gasteiger partial charge in [-0.2, -0.15) is 0 Å². The average Bonchev–Trinajstić information content (AvgIpc) is 2.55. The first kappa shape index (κ1) is 17.2. The van der Waals surface area contributed by atoms with Crippen LogP contribution in [0.3, 0.4) is 0 Å². The molecule has 0 radical (unpaired) electrons. The van der Waals surface area contributed by atoms with Crippen molar-refractivity contribution in [3.8, 4) is 5.75 Å². The Labute approximate surface area is 136 Å². The van der Waals surface area contributed by atoms with Gasteiger partial charge in [0.15, 0.2) is 0 Å². The number of hydrogen-bond acceptors (Lipinski definition) is 6. The number of aliphatic hydroxyl groups excluding tert-OH is 1. The maximum atomic E-state index is 12.1. The number of rotatable bonds is 7. The van der Waals surface area contributed by atoms with E-state index >= 15 is 0 Å². The minimum atomic E-state index is -1.12. The highest BCUT2D eigenvalue weighted by molar-refractivity contribution is 5.92. The van der Waals surface area contributed by atoms with Gasteiger partial charge in [-0.1, -0.05) is 18.2 Å². The van der Waals surface area contributed by atoms with Crippen LogP contribution in [0.25, 0.3) is 0 Å². The second-order valence-corrected chi connectivity index (χ2v) is 4.97. The smallest absolute Gasteiger partial charge is 0.286 e. The van der Waals surface area contributed by atoms with Gasteiger partial charge in [-0.25, -0.2) is 0 Å². The first-order valence-corrected chi connectivity index (χ1v) is 6.93. The molecule has 0 aliphatic carbocycles. The Morgan fingerprint density at radius 1 is 1.38 bits per heavy atom. The van der Waals surface area contributed by atoms with Crippen LogP contribution in [0.4, 0.5) is 5.69 Å². The molecule has 1 unspecified atom stereocenters. The molecule has 1 aromatic carbocycles. The standard InChI is InChI=1S/C15H15N3O6/c16-14(20)13-6-10(18(22)23)7-17(15(13)21)8-11(19)9-24-12-4-2-1-3-5-12/h1-7,11,19H,8-9H2,(H2,16,20). The van der Waals surface area contributed by atoms with Crippen molar-refractivity contribution < 1.29 is 19.6 Å². The number of nitrogens with two attached hydrogens (primary N) is 1. The molecule has 126 valence electrons. The van der Waals surface area contributed by atoms with E-state index in [0.29, 0.717) is 5.75 Å². The van der Waals surface area contributed by atoms with E-state index in [2.05, 4.69) is 0 Å². The maximum absolute atomic E-state index is 12.1. The summed E-state index contributed by atoms with van der Waals surface area (Å²) in [5, 5.41) is 20.9. The van der Waals surface area contributed by atoms with Crippen LogP contribution in [0.2, 0.25) is 0 Å². The molecule has 1 atom stereocenters. The highest BCUT2D eigenvalue weighted by Gasteiger charge is 2.19. The predicted octanol–water partition coefficient (Wildman–Crippen LogP) is 0.295. The van der Waals surface area contributed by atoms with Crippen LogP contribution in [0, 0.1) is 10.1 Å². The molecule has 1 aromatic heterocycles. The number of ether oxygens (including phenoxy) is 1. The van der Waals surface area contributed by atoms with Crippen molar-refractivity contribution in [2.24, 2.45) is 5.73 Å². The van der Waals surface area contributed by atoms with Crippen LogP contribution in [-0.4, -0.2) is 33.2 Å². The Kier molecular flexibility index (Phi) is 5.27. The number of para-hydroxylation sites is 1. The molecule has 0 spiro atoms. The number of nitro groups is 1. The first-order valence-electron chi connectivity index (χ1n) is 6.93. The van der Waals surface area contributed by atoms with Gasteiger partial charge < -0.3 is 20.1 Å². The molecule has 0 aliphatic rings. The zero-order valence-electron chi connectivity index (χ0n) is 12.5. The normalized spacial score (nSPS) is 11.7. The highest BCUT2D eigenvalue weighted by Crippen LogP contribution is 2.12. The number of aliphatic hydroxyl groups is 1. The van der Waals surface area contributed by atoms with Crippen LogP contribution < -0.4 is 16.0 Å². The van der Waals surface area contributed by atoms with E-state index in [0.717, 1.165) is 16.8 Å². The fourth-order valence-electron chi connectivity index (χ4n) is 2.02. The molecule has 0 aliphatic heterocycles. The van der Waals surface area contributed by atoms with E-state index in [9.17, 15) is 24.8 Å². The monoisotopic (exact) mass is 333 g/mol. The zero-order chi connectivity index (χ0) is 17.7. The lowest BCUT2D eigenvalue weighted by atomic mass is 10.2. The summed E-state index contributed by atoms with van der Waals surface area (Å²) in [6, 6.07) is 9.51. The van der Waals surface area contributed by atoms with Gasteiger partial charge in [0.1, 0.15) is 24.0 Å². The number of pyridine rings is 1. The van der Waals surface area contributed by atoms with Crippen molar-refractivity contribution in [1.82, 2.24) is 4.57 Å². The molecule has 2 aromatic rings. The number of amides is 1. The van der Waals surface area contributed by atoms with Gasteiger partial charge in [0.25, 0.3) is 17.2 Å². The van der Waals surface area contributed by atoms with Crippen molar-refractivity contribution in [2.75, 3.05) is 6.61 Å². The summed E-state index contributed by atoms with van der Waals surface area (Å²) in [4.78, 5) is 33.5. The predicted molar refractivity (Wildman–Crippen MR) is 83.8 cm³/mol. The second kappa shape index (κ2) is 7.38.